The summed E-state index contributed by atoms with van der Waals surface area (Å²) < 4.78 is 6.64. The standard InChI is InChI=1S/C14H19N5O2/c1-4-11-17-12(5-2)19(18-11)13-10(14(20)21-6-3)7-9(15)8-16-13/h7-8H,4-6,15H2,1-3H3. The number of pyridine rings is 1. The molecule has 112 valence electrons. The SMILES string of the molecule is CCOC(=O)c1cc(N)cnc1-n1nc(CC)nc1CC. The number of hydrogen-bond donors (Lipinski definition) is 1. The van der Waals surface area contributed by atoms with Gasteiger partial charge < -0.3 is 10.5 Å². The van der Waals surface area contributed by atoms with E-state index in [9.17, 15) is 4.79 Å². The topological polar surface area (TPSA) is 95.9 Å². The lowest BCUT2D eigenvalue weighted by atomic mass is 10.2. The molecule has 0 aliphatic heterocycles. The molecule has 0 fully saturated rings. The van der Waals surface area contributed by atoms with Crippen LogP contribution in [0.3, 0.4) is 0 Å². The quantitative estimate of drug-likeness (QED) is 0.839. The van der Waals surface area contributed by atoms with Crippen molar-refractivity contribution >= 4 is 11.7 Å². The number of nitrogens with two attached hydrogens (primary N) is 1. The molecule has 0 unspecified atom stereocenters. The van der Waals surface area contributed by atoms with Gasteiger partial charge in [-0.2, -0.15) is 4.68 Å². The first-order chi connectivity index (χ1) is 10.1. The van der Waals surface area contributed by atoms with Gasteiger partial charge >= 0.3 is 5.97 Å². The number of anilines is 1. The van der Waals surface area contributed by atoms with E-state index in [0.717, 1.165) is 5.82 Å². The Hall–Kier alpha value is -2.44. The van der Waals surface area contributed by atoms with Gasteiger partial charge in [-0.25, -0.2) is 14.8 Å². The number of carbonyl (C=O) groups excluding carboxylic acids is 1. The van der Waals surface area contributed by atoms with Gasteiger partial charge in [-0.05, 0) is 13.0 Å². The van der Waals surface area contributed by atoms with E-state index in [4.69, 9.17) is 10.5 Å². The first-order valence-electron chi connectivity index (χ1n) is 6.98. The van der Waals surface area contributed by atoms with Gasteiger partial charge in [0.25, 0.3) is 0 Å². The van der Waals surface area contributed by atoms with Crippen LogP contribution in [0.15, 0.2) is 12.3 Å². The van der Waals surface area contributed by atoms with Crippen LogP contribution in [0, 0.1) is 0 Å². The van der Waals surface area contributed by atoms with Crippen molar-refractivity contribution in [2.75, 3.05) is 12.3 Å². The van der Waals surface area contributed by atoms with E-state index in [0.29, 0.717) is 35.7 Å². The van der Waals surface area contributed by atoms with Crippen LogP contribution in [0.2, 0.25) is 0 Å². The van der Waals surface area contributed by atoms with Gasteiger partial charge in [0.2, 0.25) is 0 Å². The molecule has 2 rings (SSSR count). The number of aryl methyl sites for hydroxylation is 2. The number of aromatic nitrogens is 4. The molecule has 2 aromatic heterocycles. The lowest BCUT2D eigenvalue weighted by Crippen LogP contribution is -2.14. The first-order valence-corrected chi connectivity index (χ1v) is 6.98. The molecule has 2 N–H and O–H groups in total. The highest BCUT2D eigenvalue weighted by molar-refractivity contribution is 5.93. The maximum atomic E-state index is 12.1. The zero-order valence-corrected chi connectivity index (χ0v) is 12.5. The van der Waals surface area contributed by atoms with Gasteiger partial charge in [0.1, 0.15) is 11.4 Å². The van der Waals surface area contributed by atoms with E-state index in [1.165, 1.54) is 6.20 Å². The van der Waals surface area contributed by atoms with E-state index >= 15 is 0 Å². The van der Waals surface area contributed by atoms with Crippen LogP contribution in [-0.2, 0) is 17.6 Å². The number of ether oxygens (including phenoxy) is 1. The average molecular weight is 289 g/mol. The monoisotopic (exact) mass is 289 g/mol. The van der Waals surface area contributed by atoms with Gasteiger partial charge in [0.15, 0.2) is 11.6 Å². The average Bonchev–Trinajstić information content (AvgIpc) is 2.90. The third kappa shape index (κ3) is 3.01. The van der Waals surface area contributed by atoms with Crippen molar-refractivity contribution in [2.45, 2.75) is 33.6 Å². The van der Waals surface area contributed by atoms with Crippen molar-refractivity contribution in [2.24, 2.45) is 0 Å². The zero-order valence-electron chi connectivity index (χ0n) is 12.5. The van der Waals surface area contributed by atoms with Crippen LogP contribution in [-0.4, -0.2) is 32.3 Å². The van der Waals surface area contributed by atoms with E-state index in [-0.39, 0.29) is 6.61 Å². The smallest absolute Gasteiger partial charge is 0.342 e. The molecule has 0 spiro atoms. The molecule has 0 bridgehead atoms. The minimum atomic E-state index is -0.470. The number of nitrogen functional groups attached to an aromatic ring is 1. The second kappa shape index (κ2) is 6.34. The van der Waals surface area contributed by atoms with Crippen LogP contribution in [0.1, 0.15) is 42.8 Å². The molecule has 0 saturated carbocycles. The molecule has 0 atom stereocenters. The second-order valence-corrected chi connectivity index (χ2v) is 4.42. The van der Waals surface area contributed by atoms with E-state index in [2.05, 4.69) is 15.1 Å². The summed E-state index contributed by atoms with van der Waals surface area (Å²) in [4.78, 5) is 20.8. The molecule has 2 heterocycles. The fourth-order valence-electron chi connectivity index (χ4n) is 1.94. The zero-order chi connectivity index (χ0) is 15.4. The highest BCUT2D eigenvalue weighted by Gasteiger charge is 2.19. The number of carbonyl (C=O) groups is 1. The predicted octanol–water partition coefficient (Wildman–Crippen LogP) is 1.55. The molecule has 0 aliphatic rings. The Balaban J connectivity index is 2.57. The maximum Gasteiger partial charge on any atom is 0.342 e. The van der Waals surface area contributed by atoms with Crippen LogP contribution >= 0.6 is 0 Å². The van der Waals surface area contributed by atoms with E-state index < -0.39 is 5.97 Å². The van der Waals surface area contributed by atoms with Crippen molar-refractivity contribution in [1.29, 1.82) is 0 Å². The summed E-state index contributed by atoms with van der Waals surface area (Å²) in [6.07, 6.45) is 2.88. The lowest BCUT2D eigenvalue weighted by Gasteiger charge is -2.10. The lowest BCUT2D eigenvalue weighted by molar-refractivity contribution is 0.0525. The normalized spacial score (nSPS) is 10.6. The molecule has 0 saturated heterocycles. The molecular formula is C14H19N5O2. The second-order valence-electron chi connectivity index (χ2n) is 4.42. The molecule has 7 nitrogen and oxygen atoms in total. The van der Waals surface area contributed by atoms with Gasteiger partial charge in [-0.15, -0.1) is 5.10 Å². The van der Waals surface area contributed by atoms with E-state index in [1.807, 2.05) is 13.8 Å². The Morgan fingerprint density at radius 2 is 2.10 bits per heavy atom. The molecule has 2 aromatic rings. The minimum Gasteiger partial charge on any atom is -0.462 e. The highest BCUT2D eigenvalue weighted by atomic mass is 16.5. The first kappa shape index (κ1) is 15.0. The molecule has 7 heteroatoms. The third-order valence-electron chi connectivity index (χ3n) is 2.93. The summed E-state index contributed by atoms with van der Waals surface area (Å²) in [5, 5.41) is 4.40. The minimum absolute atomic E-state index is 0.283. The number of nitrogens with zero attached hydrogens (tertiary/aromatic N) is 4. The molecule has 0 radical (unpaired) electrons. The molecule has 21 heavy (non-hydrogen) atoms. The van der Waals surface area contributed by atoms with Gasteiger partial charge in [0, 0.05) is 12.8 Å². The van der Waals surface area contributed by atoms with Crippen LogP contribution < -0.4 is 5.73 Å². The van der Waals surface area contributed by atoms with Crippen LogP contribution in [0.5, 0.6) is 0 Å². The van der Waals surface area contributed by atoms with Crippen LogP contribution in [0.25, 0.3) is 5.82 Å². The molecule has 0 aliphatic carbocycles. The van der Waals surface area contributed by atoms with Crippen molar-refractivity contribution in [3.63, 3.8) is 0 Å². The third-order valence-corrected chi connectivity index (χ3v) is 2.93. The summed E-state index contributed by atoms with van der Waals surface area (Å²) in [5.41, 5.74) is 6.42. The van der Waals surface area contributed by atoms with Gasteiger partial charge in [-0.1, -0.05) is 13.8 Å². The molecule has 0 aromatic carbocycles. The maximum absolute atomic E-state index is 12.1. The Labute approximate surface area is 123 Å². The molecular weight excluding hydrogens is 270 g/mol. The van der Waals surface area contributed by atoms with Crippen molar-refractivity contribution in [3.05, 3.63) is 29.5 Å². The summed E-state index contributed by atoms with van der Waals surface area (Å²) in [5.74, 6) is 1.38. The Morgan fingerprint density at radius 3 is 2.71 bits per heavy atom. The Kier molecular flexibility index (Phi) is 4.52. The number of hydrogen-bond acceptors (Lipinski definition) is 6. The van der Waals surface area contributed by atoms with Gasteiger partial charge in [0.05, 0.1) is 18.5 Å². The summed E-state index contributed by atoms with van der Waals surface area (Å²) in [7, 11) is 0. The Bertz CT molecular complexity index is 651. The van der Waals surface area contributed by atoms with Crippen molar-refractivity contribution in [3.8, 4) is 5.82 Å². The fraction of sp³-hybridized carbons (Fsp3) is 0.429. The van der Waals surface area contributed by atoms with Crippen LogP contribution in [0.4, 0.5) is 5.69 Å². The number of rotatable bonds is 5. The predicted molar refractivity (Wildman–Crippen MR) is 78.3 cm³/mol. The van der Waals surface area contributed by atoms with Crippen molar-refractivity contribution < 1.29 is 9.53 Å². The fourth-order valence-corrected chi connectivity index (χ4v) is 1.94. The molecule has 0 amide bonds. The van der Waals surface area contributed by atoms with Gasteiger partial charge in [-0.3, -0.25) is 0 Å². The largest absolute Gasteiger partial charge is 0.462 e. The van der Waals surface area contributed by atoms with Crippen molar-refractivity contribution in [1.82, 2.24) is 19.7 Å². The summed E-state index contributed by atoms with van der Waals surface area (Å²) >= 11 is 0. The summed E-state index contributed by atoms with van der Waals surface area (Å²) in [6, 6.07) is 1.55. The highest BCUT2D eigenvalue weighted by Crippen LogP contribution is 2.18. The summed E-state index contributed by atoms with van der Waals surface area (Å²) in [6.45, 7) is 5.98. The van der Waals surface area contributed by atoms with E-state index in [1.54, 1.807) is 17.7 Å². The number of esters is 1. The Morgan fingerprint density at radius 1 is 1.33 bits per heavy atom.